The summed E-state index contributed by atoms with van der Waals surface area (Å²) in [7, 11) is 0. The highest BCUT2D eigenvalue weighted by atomic mass is 19.4. The molecular weight excluding hydrogens is 1430 g/mol. The third-order valence-corrected chi connectivity index (χ3v) is 18.8. The monoisotopic (exact) mass is 1530 g/mol. The summed E-state index contributed by atoms with van der Waals surface area (Å²) in [6, 6.07) is 44.3. The van der Waals surface area contributed by atoms with Crippen molar-refractivity contribution >= 4 is 52.2 Å². The molecule has 10 aromatic rings. The molecule has 2 aromatic carbocycles. The van der Waals surface area contributed by atoms with E-state index in [0.717, 1.165) is 130 Å². The van der Waals surface area contributed by atoms with Crippen LogP contribution >= 0.6 is 0 Å². The van der Waals surface area contributed by atoms with Crippen LogP contribution in [0.1, 0.15) is 172 Å². The predicted octanol–water partition coefficient (Wildman–Crippen LogP) is 15.3. The summed E-state index contributed by atoms with van der Waals surface area (Å²) in [5, 5.41) is 9.98. The lowest BCUT2D eigenvalue weighted by Crippen LogP contribution is -2.51. The maximum Gasteiger partial charge on any atom is 0.418 e. The second-order valence-electron chi connectivity index (χ2n) is 27.3. The van der Waals surface area contributed by atoms with Crippen molar-refractivity contribution in [3.63, 3.8) is 0 Å². The topological polar surface area (TPSA) is 301 Å². The number of nitrogens with zero attached hydrogens (tertiary/aromatic N) is 10. The number of nitrogen functional groups attached to an aromatic ring is 2. The summed E-state index contributed by atoms with van der Waals surface area (Å²) < 4.78 is 86.1. The number of halogens is 6. The van der Waals surface area contributed by atoms with Crippen molar-refractivity contribution < 1.29 is 58.8 Å². The third kappa shape index (κ3) is 21.6. The number of carbonyl (C=O) groups is 4. The molecule has 27 heteroatoms. The number of rotatable bonds is 19. The van der Waals surface area contributed by atoms with Gasteiger partial charge in [-0.05, 0) is 148 Å². The van der Waals surface area contributed by atoms with Crippen LogP contribution in [0, 0.1) is 31.6 Å². The molecule has 8 aromatic heterocycles. The van der Waals surface area contributed by atoms with Gasteiger partial charge in [0.25, 0.3) is 0 Å². The van der Waals surface area contributed by atoms with E-state index in [1.165, 1.54) is 42.7 Å². The van der Waals surface area contributed by atoms with Gasteiger partial charge in [-0.3, -0.25) is 29.1 Å². The van der Waals surface area contributed by atoms with Gasteiger partial charge in [-0.25, -0.2) is 29.9 Å². The van der Waals surface area contributed by atoms with Gasteiger partial charge in [0.15, 0.2) is 0 Å². The van der Waals surface area contributed by atoms with Crippen LogP contribution in [0.5, 0.6) is 5.88 Å². The molecular formula is C84H100F6N16O5. The molecule has 0 radical (unpaired) electrons. The smallest absolute Gasteiger partial charge is 0.418 e. The Morgan fingerprint density at radius 2 is 1.09 bits per heavy atom. The maximum atomic E-state index is 13.6. The number of benzene rings is 2. The zero-order chi connectivity index (χ0) is 79.4. The van der Waals surface area contributed by atoms with E-state index in [4.69, 9.17) is 26.9 Å². The minimum Gasteiger partial charge on any atom is -0.477 e. The fraction of sp³-hybridized carbons (Fsp3) is 0.310. The molecule has 1 saturated carbocycles. The molecule has 10 heterocycles. The third-order valence-electron chi connectivity index (χ3n) is 18.8. The molecule has 21 nitrogen and oxygen atoms in total. The molecule has 0 amide bonds. The van der Waals surface area contributed by atoms with Crippen LogP contribution in [0.3, 0.4) is 0 Å². The van der Waals surface area contributed by atoms with Crippen LogP contribution in [0.15, 0.2) is 183 Å². The van der Waals surface area contributed by atoms with E-state index in [1.807, 2.05) is 105 Å². The number of piperazine rings is 2. The van der Waals surface area contributed by atoms with Gasteiger partial charge < -0.3 is 47.7 Å². The van der Waals surface area contributed by atoms with E-state index in [9.17, 15) is 45.5 Å². The highest BCUT2D eigenvalue weighted by Gasteiger charge is 2.39. The predicted molar refractivity (Wildman–Crippen MR) is 429 cm³/mol. The molecule has 9 N–H and O–H groups in total. The lowest BCUT2D eigenvalue weighted by molar-refractivity contribution is -0.139. The van der Waals surface area contributed by atoms with E-state index >= 15 is 0 Å². The van der Waals surface area contributed by atoms with Gasteiger partial charge in [0.05, 0.1) is 34.4 Å². The number of nitrogens with one attached hydrogen (secondary N) is 3. The number of ether oxygens (including phenoxy) is 1. The Morgan fingerprint density at radius 1 is 0.577 bits per heavy atom. The Labute approximate surface area is 649 Å². The highest BCUT2D eigenvalue weighted by molar-refractivity contribution is 6.14. The Kier molecular flexibility index (Phi) is 27.9. The number of hydrogen-bond acceptors (Lipinski definition) is 21. The van der Waals surface area contributed by atoms with Gasteiger partial charge in [0.2, 0.25) is 29.0 Å². The van der Waals surface area contributed by atoms with Crippen molar-refractivity contribution in [3.8, 4) is 28.8 Å². The Morgan fingerprint density at radius 3 is 1.67 bits per heavy atom. The molecule has 111 heavy (non-hydrogen) atoms. The van der Waals surface area contributed by atoms with Crippen LogP contribution in [-0.2, 0) is 12.4 Å². The van der Waals surface area contributed by atoms with E-state index < -0.39 is 46.4 Å². The van der Waals surface area contributed by atoms with Gasteiger partial charge >= 0.3 is 12.4 Å². The lowest BCUT2D eigenvalue weighted by Gasteiger charge is -2.35. The number of hydrogen-bond donors (Lipinski definition) is 6. The number of pyridine rings is 8. The van der Waals surface area contributed by atoms with Gasteiger partial charge in [0.1, 0.15) is 51.9 Å². The first-order valence-corrected chi connectivity index (χ1v) is 36.5. The van der Waals surface area contributed by atoms with Gasteiger partial charge in [0, 0.05) is 137 Å². The van der Waals surface area contributed by atoms with E-state index in [-0.39, 0.29) is 79.2 Å². The Balaban J connectivity index is 0.000000324. The van der Waals surface area contributed by atoms with Crippen LogP contribution in [0.4, 0.5) is 55.4 Å². The molecule has 13 rings (SSSR count). The summed E-state index contributed by atoms with van der Waals surface area (Å²) in [6.45, 7) is 18.0. The van der Waals surface area contributed by atoms with Crippen molar-refractivity contribution in [2.24, 2.45) is 11.7 Å². The Bertz CT molecular complexity index is 4970. The second-order valence-corrected chi connectivity index (χ2v) is 27.3. The maximum absolute atomic E-state index is 13.6. The zero-order valence-electron chi connectivity index (χ0n) is 62.4. The van der Waals surface area contributed by atoms with Crippen LogP contribution in [-0.4, -0.2) is 134 Å². The lowest BCUT2D eigenvalue weighted by atomic mass is 9.91. The Hall–Kier alpha value is -11.9. The summed E-state index contributed by atoms with van der Waals surface area (Å²) in [5.41, 5.74) is 20.2. The van der Waals surface area contributed by atoms with Gasteiger partial charge in [-0.1, -0.05) is 100 Å². The minimum atomic E-state index is -4.73. The van der Waals surface area contributed by atoms with Crippen molar-refractivity contribution in [1.29, 1.82) is 0 Å². The molecule has 4 atom stereocenters. The molecule has 0 spiro atoms. The van der Waals surface area contributed by atoms with Gasteiger partial charge in [-0.2, -0.15) is 26.3 Å². The average molecular weight is 1530 g/mol. The molecule has 3 unspecified atom stereocenters. The van der Waals surface area contributed by atoms with Crippen molar-refractivity contribution in [1.82, 2.24) is 50.5 Å². The van der Waals surface area contributed by atoms with Crippen molar-refractivity contribution in [2.75, 3.05) is 79.0 Å². The number of aryl methyl sites for hydroxylation is 2. The molecule has 2 aliphatic heterocycles. The fourth-order valence-electron chi connectivity index (χ4n) is 13.0. The average Bonchev–Trinajstić information content (AvgIpc) is 0.800. The van der Waals surface area contributed by atoms with Crippen LogP contribution < -0.4 is 47.7 Å². The minimum absolute atomic E-state index is 0. The number of ketones is 4. The van der Waals surface area contributed by atoms with E-state index in [2.05, 4.69) is 86.3 Å². The normalized spacial score (nSPS) is 15.8. The first-order chi connectivity index (χ1) is 53.3. The standard InChI is InChI=1S/C26H30N4O.C22H19F3N2O2.C18H20F3N5O.C18H19N5O.6H2/c1-18(2)16-21-17-30(15-14-28-21)24-12-11-23(20-8-5-4-6-9-20)25(29-24)26(31)22-10-7-13-27-19(22)3;1-14(16-7-4-3-5-8-16)13-29-19-11-10-18(22(23,24)25)20(27-19)21(28)17-9-6-12-26-15(17)2;19-18(20,21)11-7-8-14(25-13-6-2-1-5-12(13)22)26-15(11)16(27)10-4-3-9-24-17(10)23;1-2-4-13-6-7-15(23-11-9-20-10-12-23)22-16(13)17(24)14-5-3-8-21-18(14)19;;;;;;/h4-13,18,21,28H,14-17H2,1-3H3;3-12,14H,13H2,1-2H3;3-4,7-9,12-13H,1-2,5-6,22H2,(H2,23,24)(H,25,26);3,5-8,20H,9-12H2,1H3,(H2,19,21);6*1H/t21-;;;;;;;;;/m0........./s1. The van der Waals surface area contributed by atoms with Crippen LogP contribution in [0.25, 0.3) is 11.1 Å². The van der Waals surface area contributed by atoms with Crippen LogP contribution in [0.2, 0.25) is 0 Å². The number of aromatic nitrogens is 8. The number of anilines is 5. The molecule has 3 aliphatic rings. The first kappa shape index (κ1) is 81.7. The molecule has 1 aliphatic carbocycles. The van der Waals surface area contributed by atoms with Crippen molar-refractivity contribution in [3.05, 3.63) is 261 Å². The molecule has 2 saturated heterocycles. The molecule has 588 valence electrons. The summed E-state index contributed by atoms with van der Waals surface area (Å²) in [5.74, 6) is 6.15. The fourth-order valence-corrected chi connectivity index (χ4v) is 13.0. The zero-order valence-corrected chi connectivity index (χ0v) is 62.4. The summed E-state index contributed by atoms with van der Waals surface area (Å²) in [6.07, 6.45) is 1.39. The quantitative estimate of drug-likeness (QED) is 0.0249. The van der Waals surface area contributed by atoms with E-state index in [0.29, 0.717) is 45.7 Å². The molecule has 3 fully saturated rings. The summed E-state index contributed by atoms with van der Waals surface area (Å²) in [4.78, 5) is 89.9. The highest BCUT2D eigenvalue weighted by Crippen LogP contribution is 2.37. The van der Waals surface area contributed by atoms with E-state index in [1.54, 1.807) is 44.4 Å². The second kappa shape index (κ2) is 38.0. The molecule has 0 bridgehead atoms. The van der Waals surface area contributed by atoms with Gasteiger partial charge in [-0.15, -0.1) is 5.92 Å². The number of nitrogens with two attached hydrogens (primary N) is 3. The van der Waals surface area contributed by atoms with Crippen molar-refractivity contribution in [2.45, 2.75) is 110 Å². The SMILES string of the molecule is CC#Cc1ccc(N2CCNCC2)nc1C(=O)c1cccnc1N.Cc1ncccc1C(=O)c1nc(N2CCN[C@@H](CC(C)C)C2)ccc1-c1ccccc1.Cc1ncccc1C(=O)c1nc(OCC(C)c2ccccc2)ccc1C(F)(F)F.Nc1ncccc1C(=O)c1nc(NC2CCCCC2N)ccc1C(F)(F)F.[HH].[HH].[HH].[HH].[HH].[HH]. The summed E-state index contributed by atoms with van der Waals surface area (Å²) >= 11 is 0. The number of alkyl halides is 6. The first-order valence-electron chi connectivity index (χ1n) is 36.5. The largest absolute Gasteiger partial charge is 0.477 e. The number of carbonyl (C=O) groups excluding carboxylic acids is 4.